The van der Waals surface area contributed by atoms with E-state index in [4.69, 9.17) is 23.2 Å². The van der Waals surface area contributed by atoms with Gasteiger partial charge >= 0.3 is 0 Å². The van der Waals surface area contributed by atoms with Gasteiger partial charge < -0.3 is 10.6 Å². The fourth-order valence-corrected chi connectivity index (χ4v) is 3.23. The summed E-state index contributed by atoms with van der Waals surface area (Å²) in [5, 5.41) is 1.47. The van der Waals surface area contributed by atoms with E-state index in [-0.39, 0.29) is 0 Å². The quantitative estimate of drug-likeness (QED) is 0.826. The van der Waals surface area contributed by atoms with Crippen molar-refractivity contribution in [1.82, 2.24) is 0 Å². The number of hydrogen-bond donors (Lipinski definition) is 2. The maximum Gasteiger partial charge on any atom is 0.103 e. The molecule has 1 saturated heterocycles. The molecule has 1 aromatic carbocycles. The predicted octanol–water partition coefficient (Wildman–Crippen LogP) is 1.03. The maximum absolute atomic E-state index is 6.02. The number of rotatable bonds is 3. The molecular weight excluding hydrogens is 255 g/mol. The molecule has 0 radical (unpaired) electrons. The van der Waals surface area contributed by atoms with Gasteiger partial charge in [-0.3, -0.25) is 0 Å². The number of piperidine rings is 1. The lowest BCUT2D eigenvalue weighted by Gasteiger charge is -2.28. The summed E-state index contributed by atoms with van der Waals surface area (Å²) in [6.45, 7) is 4.56. The molecule has 4 heteroatoms. The monoisotopic (exact) mass is 274 g/mol. The zero-order valence-electron chi connectivity index (χ0n) is 10.0. The molecule has 0 aromatic heterocycles. The summed E-state index contributed by atoms with van der Waals surface area (Å²) in [5.74, 6) is 0.786. The van der Waals surface area contributed by atoms with E-state index in [1.807, 2.05) is 12.1 Å². The third kappa shape index (κ3) is 3.85. The molecule has 2 nitrogen and oxygen atoms in total. The lowest BCUT2D eigenvalue weighted by atomic mass is 9.98. The van der Waals surface area contributed by atoms with Crippen LogP contribution in [0.25, 0.3) is 0 Å². The van der Waals surface area contributed by atoms with Gasteiger partial charge in [0, 0.05) is 15.6 Å². The summed E-state index contributed by atoms with van der Waals surface area (Å²) in [6.07, 6.45) is 2.65. The minimum atomic E-state index is 0.734. The Bertz CT molecular complexity index is 361. The molecule has 0 spiro atoms. The second kappa shape index (κ2) is 6.05. The molecule has 1 heterocycles. The van der Waals surface area contributed by atoms with E-state index < -0.39 is 0 Å². The van der Waals surface area contributed by atoms with Crippen molar-refractivity contribution < 1.29 is 10.6 Å². The highest BCUT2D eigenvalue weighted by molar-refractivity contribution is 6.34. The molecule has 17 heavy (non-hydrogen) atoms. The highest BCUT2D eigenvalue weighted by Gasteiger charge is 2.23. The van der Waals surface area contributed by atoms with E-state index >= 15 is 0 Å². The maximum atomic E-state index is 6.02. The summed E-state index contributed by atoms with van der Waals surface area (Å²) in [7, 11) is 0. The zero-order valence-corrected chi connectivity index (χ0v) is 11.5. The molecule has 2 unspecified atom stereocenters. The summed E-state index contributed by atoms with van der Waals surface area (Å²) in [4.78, 5) is 1.63. The van der Waals surface area contributed by atoms with Gasteiger partial charge in [-0.05, 0) is 31.0 Å². The minimum Gasteiger partial charge on any atom is -0.357 e. The highest BCUT2D eigenvalue weighted by Crippen LogP contribution is 2.18. The molecule has 1 aliphatic rings. The van der Waals surface area contributed by atoms with Gasteiger partial charge in [0.05, 0.1) is 25.6 Å². The molecule has 0 amide bonds. The first-order valence-corrected chi connectivity index (χ1v) is 7.00. The van der Waals surface area contributed by atoms with Crippen molar-refractivity contribution in [3.05, 3.63) is 33.8 Å². The van der Waals surface area contributed by atoms with Crippen molar-refractivity contribution in [2.24, 2.45) is 5.92 Å². The van der Waals surface area contributed by atoms with Gasteiger partial charge in [-0.25, -0.2) is 0 Å². The average molecular weight is 275 g/mol. The topological polar surface area (TPSA) is 32.1 Å². The van der Waals surface area contributed by atoms with Crippen LogP contribution in [0.2, 0.25) is 10.0 Å². The predicted molar refractivity (Wildman–Crippen MR) is 71.3 cm³/mol. The largest absolute Gasteiger partial charge is 0.357 e. The molecule has 1 aliphatic heterocycles. The zero-order chi connectivity index (χ0) is 12.3. The summed E-state index contributed by atoms with van der Waals surface area (Å²) >= 11 is 12.0. The fourth-order valence-electron chi connectivity index (χ4n) is 2.66. The average Bonchev–Trinajstić information content (AvgIpc) is 2.28. The van der Waals surface area contributed by atoms with Crippen LogP contribution in [0.15, 0.2) is 18.2 Å². The van der Waals surface area contributed by atoms with Crippen LogP contribution in [0.5, 0.6) is 0 Å². The summed E-state index contributed by atoms with van der Waals surface area (Å²) < 4.78 is 0. The molecule has 2 rings (SSSR count). The van der Waals surface area contributed by atoms with Gasteiger partial charge in [0.25, 0.3) is 0 Å². The van der Waals surface area contributed by atoms with E-state index in [1.54, 1.807) is 11.0 Å². The Morgan fingerprint density at radius 3 is 2.59 bits per heavy atom. The highest BCUT2D eigenvalue weighted by atomic mass is 35.5. The first-order valence-electron chi connectivity index (χ1n) is 6.25. The van der Waals surface area contributed by atoms with Crippen molar-refractivity contribution in [3.8, 4) is 0 Å². The van der Waals surface area contributed by atoms with Crippen molar-refractivity contribution in [2.75, 3.05) is 19.6 Å². The van der Waals surface area contributed by atoms with E-state index in [9.17, 15) is 0 Å². The molecule has 0 saturated carbocycles. The number of nitrogens with one attached hydrogen (secondary N) is 1. The Morgan fingerprint density at radius 1 is 1.24 bits per heavy atom. The van der Waals surface area contributed by atoms with Crippen LogP contribution in [0.3, 0.4) is 0 Å². The van der Waals surface area contributed by atoms with Gasteiger partial charge in [0.15, 0.2) is 0 Å². The van der Waals surface area contributed by atoms with Crippen LogP contribution < -0.4 is 10.6 Å². The Hall–Kier alpha value is -0.280. The SMILES string of the molecule is [NH3+]CC1CCC[NH+](Cc2cc(Cl)cc(Cl)c2)C1. The molecule has 94 valence electrons. The van der Waals surface area contributed by atoms with Gasteiger partial charge in [0.2, 0.25) is 0 Å². The van der Waals surface area contributed by atoms with E-state index in [2.05, 4.69) is 5.73 Å². The van der Waals surface area contributed by atoms with Crippen LogP contribution in [-0.2, 0) is 6.54 Å². The van der Waals surface area contributed by atoms with Crippen LogP contribution in [0, 0.1) is 5.92 Å². The Morgan fingerprint density at radius 2 is 1.94 bits per heavy atom. The smallest absolute Gasteiger partial charge is 0.103 e. The molecule has 0 bridgehead atoms. The first kappa shape index (κ1) is 13.2. The molecule has 0 aliphatic carbocycles. The van der Waals surface area contributed by atoms with Crippen molar-refractivity contribution in [2.45, 2.75) is 19.4 Å². The van der Waals surface area contributed by atoms with Crippen molar-refractivity contribution in [1.29, 1.82) is 0 Å². The molecule has 1 fully saturated rings. The molecular formula is C13H20Cl2N2+2. The van der Waals surface area contributed by atoms with Crippen LogP contribution in [0.1, 0.15) is 18.4 Å². The number of benzene rings is 1. The van der Waals surface area contributed by atoms with Gasteiger partial charge in [-0.1, -0.05) is 23.2 Å². The van der Waals surface area contributed by atoms with Gasteiger partial charge in [-0.2, -0.15) is 0 Å². The first-order chi connectivity index (χ1) is 8.17. The molecule has 1 aromatic rings. The van der Waals surface area contributed by atoms with Crippen LogP contribution >= 0.6 is 23.2 Å². The second-order valence-corrected chi connectivity index (χ2v) is 5.83. The van der Waals surface area contributed by atoms with Gasteiger partial charge in [-0.15, -0.1) is 0 Å². The lowest BCUT2D eigenvalue weighted by molar-refractivity contribution is -0.923. The van der Waals surface area contributed by atoms with E-state index in [0.29, 0.717) is 0 Å². The van der Waals surface area contributed by atoms with Crippen LogP contribution in [0.4, 0.5) is 0 Å². The Labute approximate surface area is 113 Å². The Kier molecular flexibility index (Phi) is 4.69. The second-order valence-electron chi connectivity index (χ2n) is 4.96. The molecule has 2 atom stereocenters. The van der Waals surface area contributed by atoms with Crippen molar-refractivity contribution in [3.63, 3.8) is 0 Å². The summed E-state index contributed by atoms with van der Waals surface area (Å²) in [6, 6.07) is 5.83. The number of likely N-dealkylation sites (tertiary alicyclic amines) is 1. The van der Waals surface area contributed by atoms with E-state index in [1.165, 1.54) is 31.5 Å². The van der Waals surface area contributed by atoms with Gasteiger partial charge in [0.1, 0.15) is 6.54 Å². The molecule has 4 N–H and O–H groups in total. The fraction of sp³-hybridized carbons (Fsp3) is 0.538. The normalized spacial score (nSPS) is 24.9. The minimum absolute atomic E-state index is 0.734. The van der Waals surface area contributed by atoms with Crippen molar-refractivity contribution >= 4 is 23.2 Å². The van der Waals surface area contributed by atoms with Crippen LogP contribution in [-0.4, -0.2) is 19.6 Å². The lowest BCUT2D eigenvalue weighted by Crippen LogP contribution is -3.12. The summed E-state index contributed by atoms with van der Waals surface area (Å²) in [5.41, 5.74) is 5.26. The number of hydrogen-bond acceptors (Lipinski definition) is 0. The third-order valence-electron chi connectivity index (χ3n) is 3.50. The van der Waals surface area contributed by atoms with E-state index in [0.717, 1.165) is 29.1 Å². The Balaban J connectivity index is 2.00. The third-order valence-corrected chi connectivity index (χ3v) is 3.94. The number of quaternary nitrogens is 2. The number of halogens is 2. The standard InChI is InChI=1S/C13H18Cl2N2/c14-12-4-11(5-13(15)6-12)9-17-3-1-2-10(7-16)8-17/h4-6,10H,1-3,7-9,16H2/p+2.